The molecule has 1 aromatic heterocycles. The third kappa shape index (κ3) is 4.65. The molecule has 0 radical (unpaired) electrons. The number of amides is 4. The molecule has 33 heavy (non-hydrogen) atoms. The molecule has 1 spiro atoms. The lowest BCUT2D eigenvalue weighted by Crippen LogP contribution is -2.51. The van der Waals surface area contributed by atoms with E-state index in [2.05, 4.69) is 41.6 Å². The zero-order valence-electron chi connectivity index (χ0n) is 19.6. The smallest absolute Gasteiger partial charge is 0.325 e. The van der Waals surface area contributed by atoms with Crippen LogP contribution in [0.5, 0.6) is 0 Å². The Balaban J connectivity index is 1.30. The van der Waals surface area contributed by atoms with E-state index in [0.29, 0.717) is 25.3 Å². The Morgan fingerprint density at radius 3 is 2.48 bits per heavy atom. The Kier molecular flexibility index (Phi) is 6.28. The zero-order valence-corrected chi connectivity index (χ0v) is 19.6. The molecule has 2 fully saturated rings. The predicted molar refractivity (Wildman–Crippen MR) is 125 cm³/mol. The molecule has 1 saturated carbocycles. The number of carbonyl (C=O) groups excluding carboxylic acids is 3. The molecule has 0 atom stereocenters. The molecule has 0 bridgehead atoms. The first kappa shape index (κ1) is 23.0. The fourth-order valence-electron chi connectivity index (χ4n) is 4.96. The number of nitrogens with zero attached hydrogens (tertiary/aromatic N) is 2. The molecule has 0 unspecified atom stereocenters. The lowest BCUT2D eigenvalue weighted by Gasteiger charge is -2.42. The van der Waals surface area contributed by atoms with Crippen LogP contribution >= 0.6 is 0 Å². The topological polar surface area (TPSA) is 107 Å². The molecule has 8 nitrogen and oxygen atoms in total. The van der Waals surface area contributed by atoms with Crippen LogP contribution in [0.1, 0.15) is 58.4 Å². The zero-order chi connectivity index (χ0) is 23.6. The summed E-state index contributed by atoms with van der Waals surface area (Å²) in [5.74, 6) is -0.0804. The fraction of sp³-hybridized carbons (Fsp3) is 0.520. The maximum Gasteiger partial charge on any atom is 0.325 e. The van der Waals surface area contributed by atoms with Gasteiger partial charge in [0.25, 0.3) is 5.91 Å². The number of rotatable bonds is 7. The molecular weight excluding hydrogens is 418 g/mol. The lowest BCUT2D eigenvalue weighted by atomic mass is 9.65. The van der Waals surface area contributed by atoms with Crippen LogP contribution in [0.2, 0.25) is 0 Å². The van der Waals surface area contributed by atoms with Gasteiger partial charge in [-0.2, -0.15) is 5.10 Å². The van der Waals surface area contributed by atoms with E-state index in [9.17, 15) is 14.4 Å². The van der Waals surface area contributed by atoms with Crippen LogP contribution in [0, 0.1) is 11.3 Å². The summed E-state index contributed by atoms with van der Waals surface area (Å²) in [5.41, 5.74) is 2.23. The second kappa shape index (κ2) is 9.00. The summed E-state index contributed by atoms with van der Waals surface area (Å²) in [6, 6.07) is 9.18. The standard InChI is InChI=1S/C25H33N5O3/c1-4-24(2,3)19-9-12-25(13-10-19)22(32)30(23(33)28-25)16-21(31)26-15-17-5-7-18(8-6-17)20-11-14-27-29-20/h5-8,11,14,19H,4,9-10,12-13,15-16H2,1-3H3,(H,26,31)(H,27,29)(H,28,33). The summed E-state index contributed by atoms with van der Waals surface area (Å²) in [5, 5.41) is 12.6. The number of urea groups is 1. The van der Waals surface area contributed by atoms with Gasteiger partial charge in [-0.25, -0.2) is 4.79 Å². The molecule has 3 N–H and O–H groups in total. The third-order valence-corrected chi connectivity index (χ3v) is 7.66. The van der Waals surface area contributed by atoms with Crippen LogP contribution < -0.4 is 10.6 Å². The van der Waals surface area contributed by atoms with Gasteiger partial charge in [0.05, 0.1) is 5.69 Å². The van der Waals surface area contributed by atoms with Crippen molar-refractivity contribution in [2.24, 2.45) is 11.3 Å². The van der Waals surface area contributed by atoms with Crippen molar-refractivity contribution in [2.75, 3.05) is 6.54 Å². The van der Waals surface area contributed by atoms with E-state index in [1.54, 1.807) is 6.20 Å². The summed E-state index contributed by atoms with van der Waals surface area (Å²) in [6.07, 6.45) is 5.85. The number of nitrogens with one attached hydrogen (secondary N) is 3. The van der Waals surface area contributed by atoms with Crippen LogP contribution in [-0.4, -0.2) is 45.0 Å². The van der Waals surface area contributed by atoms with Gasteiger partial charge in [0.1, 0.15) is 12.1 Å². The molecule has 176 valence electrons. The number of imide groups is 1. The first-order chi connectivity index (χ1) is 15.7. The van der Waals surface area contributed by atoms with Crippen molar-refractivity contribution in [2.45, 2.75) is 65.0 Å². The minimum absolute atomic E-state index is 0.226. The fourth-order valence-corrected chi connectivity index (χ4v) is 4.96. The Bertz CT molecular complexity index is 1010. The number of aromatic amines is 1. The van der Waals surface area contributed by atoms with Gasteiger partial charge in [0.2, 0.25) is 5.91 Å². The van der Waals surface area contributed by atoms with Crippen LogP contribution in [0.25, 0.3) is 11.3 Å². The van der Waals surface area contributed by atoms with Gasteiger partial charge in [-0.05, 0) is 54.2 Å². The van der Waals surface area contributed by atoms with Crippen LogP contribution in [0.3, 0.4) is 0 Å². The Morgan fingerprint density at radius 2 is 1.88 bits per heavy atom. The van der Waals surface area contributed by atoms with Gasteiger partial charge in [-0.15, -0.1) is 0 Å². The summed E-state index contributed by atoms with van der Waals surface area (Å²) in [4.78, 5) is 39.3. The summed E-state index contributed by atoms with van der Waals surface area (Å²) in [7, 11) is 0. The molecule has 2 aliphatic rings. The molecular formula is C25H33N5O3. The molecule has 1 aliphatic heterocycles. The number of aromatic nitrogens is 2. The van der Waals surface area contributed by atoms with Gasteiger partial charge >= 0.3 is 6.03 Å². The minimum atomic E-state index is -0.847. The van der Waals surface area contributed by atoms with Crippen molar-refractivity contribution in [3.8, 4) is 11.3 Å². The SMILES string of the molecule is CCC(C)(C)C1CCC2(CC1)NC(=O)N(CC(=O)NCc1ccc(-c3ccn[nH]3)cc1)C2=O. The Labute approximate surface area is 194 Å². The molecule has 4 rings (SSSR count). The molecule has 2 aromatic rings. The molecule has 8 heteroatoms. The van der Waals surface area contributed by atoms with E-state index >= 15 is 0 Å². The number of carbonyl (C=O) groups is 3. The average molecular weight is 452 g/mol. The second-order valence-corrected chi connectivity index (χ2v) is 9.96. The van der Waals surface area contributed by atoms with Gasteiger partial charge < -0.3 is 10.6 Å². The lowest BCUT2D eigenvalue weighted by molar-refractivity contribution is -0.136. The van der Waals surface area contributed by atoms with E-state index in [-0.39, 0.29) is 23.8 Å². The first-order valence-corrected chi connectivity index (χ1v) is 11.7. The van der Waals surface area contributed by atoms with Gasteiger partial charge in [-0.3, -0.25) is 19.6 Å². The van der Waals surface area contributed by atoms with E-state index < -0.39 is 11.6 Å². The summed E-state index contributed by atoms with van der Waals surface area (Å²) < 4.78 is 0. The highest BCUT2D eigenvalue weighted by molar-refractivity contribution is 6.09. The van der Waals surface area contributed by atoms with Crippen molar-refractivity contribution >= 4 is 17.8 Å². The Morgan fingerprint density at radius 1 is 1.18 bits per heavy atom. The Hall–Kier alpha value is -3.16. The average Bonchev–Trinajstić information content (AvgIpc) is 3.42. The largest absolute Gasteiger partial charge is 0.350 e. The van der Waals surface area contributed by atoms with E-state index in [4.69, 9.17) is 0 Å². The quantitative estimate of drug-likeness (QED) is 0.559. The maximum absolute atomic E-state index is 13.1. The monoisotopic (exact) mass is 451 g/mol. The number of benzene rings is 1. The van der Waals surface area contributed by atoms with Crippen molar-refractivity contribution in [3.63, 3.8) is 0 Å². The van der Waals surface area contributed by atoms with Crippen LogP contribution in [0.15, 0.2) is 36.5 Å². The van der Waals surface area contributed by atoms with E-state index in [1.165, 1.54) is 0 Å². The highest BCUT2D eigenvalue weighted by atomic mass is 16.2. The highest BCUT2D eigenvalue weighted by Crippen LogP contribution is 2.45. The highest BCUT2D eigenvalue weighted by Gasteiger charge is 2.53. The van der Waals surface area contributed by atoms with Crippen molar-refractivity contribution in [3.05, 3.63) is 42.1 Å². The van der Waals surface area contributed by atoms with Crippen molar-refractivity contribution < 1.29 is 14.4 Å². The normalized spacial score (nSPS) is 23.1. The molecule has 1 aliphatic carbocycles. The summed E-state index contributed by atoms with van der Waals surface area (Å²) in [6.45, 7) is 6.80. The maximum atomic E-state index is 13.1. The van der Waals surface area contributed by atoms with Crippen LogP contribution in [-0.2, 0) is 16.1 Å². The predicted octanol–water partition coefficient (Wildman–Crippen LogP) is 3.61. The van der Waals surface area contributed by atoms with E-state index in [1.807, 2.05) is 30.3 Å². The van der Waals surface area contributed by atoms with Crippen molar-refractivity contribution in [1.82, 2.24) is 25.7 Å². The number of H-pyrrole nitrogens is 1. The van der Waals surface area contributed by atoms with Gasteiger partial charge in [-0.1, -0.05) is 51.5 Å². The van der Waals surface area contributed by atoms with Crippen molar-refractivity contribution in [1.29, 1.82) is 0 Å². The van der Waals surface area contributed by atoms with Gasteiger partial charge in [0, 0.05) is 12.7 Å². The molecule has 1 aromatic carbocycles. The number of hydrogen-bond acceptors (Lipinski definition) is 4. The van der Waals surface area contributed by atoms with Crippen LogP contribution in [0.4, 0.5) is 4.79 Å². The third-order valence-electron chi connectivity index (χ3n) is 7.66. The van der Waals surface area contributed by atoms with E-state index in [0.717, 1.165) is 41.0 Å². The van der Waals surface area contributed by atoms with Gasteiger partial charge in [0.15, 0.2) is 0 Å². The number of hydrogen-bond donors (Lipinski definition) is 3. The molecule has 4 amide bonds. The molecule has 2 heterocycles. The minimum Gasteiger partial charge on any atom is -0.350 e. The summed E-state index contributed by atoms with van der Waals surface area (Å²) >= 11 is 0. The first-order valence-electron chi connectivity index (χ1n) is 11.7. The molecule has 1 saturated heterocycles. The second-order valence-electron chi connectivity index (χ2n) is 9.96.